The van der Waals surface area contributed by atoms with Crippen LogP contribution >= 0.6 is 0 Å². The van der Waals surface area contributed by atoms with E-state index in [1.54, 1.807) is 30.3 Å². The quantitative estimate of drug-likeness (QED) is 0.377. The van der Waals surface area contributed by atoms with Crippen molar-refractivity contribution in [2.75, 3.05) is 11.9 Å². The first kappa shape index (κ1) is 26.5. The maximum atomic E-state index is 13.2. The number of hydrogen-bond donors (Lipinski definition) is 2. The summed E-state index contributed by atoms with van der Waals surface area (Å²) in [5.74, 6) is -0.969. The summed E-state index contributed by atoms with van der Waals surface area (Å²) < 4.78 is 0. The van der Waals surface area contributed by atoms with E-state index in [1.165, 1.54) is 24.0 Å². The molecule has 34 heavy (non-hydrogen) atoms. The Morgan fingerprint density at radius 2 is 1.74 bits per heavy atom. The number of carbonyl (C=O) groups is 3. The number of benzene rings is 2. The van der Waals surface area contributed by atoms with E-state index in [4.69, 9.17) is 0 Å². The van der Waals surface area contributed by atoms with Crippen molar-refractivity contribution in [2.45, 2.75) is 54.1 Å². The summed E-state index contributed by atoms with van der Waals surface area (Å²) in [6, 6.07) is 10.2. The predicted octanol–water partition coefficient (Wildman–Crippen LogP) is 4.55. The van der Waals surface area contributed by atoms with Crippen LogP contribution in [0.5, 0.6) is 0 Å². The molecule has 0 saturated carbocycles. The normalized spacial score (nSPS) is 18.6. The van der Waals surface area contributed by atoms with E-state index in [1.807, 2.05) is 13.8 Å². The Balaban J connectivity index is 0.00000204. The van der Waals surface area contributed by atoms with Crippen LogP contribution in [0.4, 0.5) is 11.4 Å². The minimum Gasteiger partial charge on any atom is -0.381 e. The third-order valence-corrected chi connectivity index (χ3v) is 6.27. The van der Waals surface area contributed by atoms with Gasteiger partial charge in [0.2, 0.25) is 5.91 Å². The smallest absolute Gasteiger partial charge is 0.269 e. The molecule has 2 aliphatic heterocycles. The molecular formula is C25H32N4O5. The number of nitrogens with zero attached hydrogens (tertiary/aromatic N) is 2. The van der Waals surface area contributed by atoms with Crippen molar-refractivity contribution in [1.29, 1.82) is 0 Å². The molecule has 2 atom stereocenters. The van der Waals surface area contributed by atoms with Gasteiger partial charge in [-0.25, -0.2) is 0 Å². The van der Waals surface area contributed by atoms with Crippen molar-refractivity contribution in [1.82, 2.24) is 10.2 Å². The van der Waals surface area contributed by atoms with Crippen molar-refractivity contribution in [3.63, 3.8) is 0 Å². The van der Waals surface area contributed by atoms with Crippen LogP contribution in [0.15, 0.2) is 42.5 Å². The first-order valence-corrected chi connectivity index (χ1v) is 10.4. The maximum Gasteiger partial charge on any atom is 0.269 e. The van der Waals surface area contributed by atoms with Gasteiger partial charge in [0.15, 0.2) is 0 Å². The molecule has 0 aliphatic carbocycles. The van der Waals surface area contributed by atoms with Gasteiger partial charge in [-0.3, -0.25) is 29.4 Å². The van der Waals surface area contributed by atoms with Gasteiger partial charge in [0.05, 0.1) is 22.1 Å². The van der Waals surface area contributed by atoms with Crippen LogP contribution < -0.4 is 10.6 Å². The summed E-state index contributed by atoms with van der Waals surface area (Å²) in [6.45, 7) is 5.80. The highest BCUT2D eigenvalue weighted by molar-refractivity contribution is 6.21. The summed E-state index contributed by atoms with van der Waals surface area (Å²) >= 11 is 0. The summed E-state index contributed by atoms with van der Waals surface area (Å²) in [6.07, 6.45) is 0.353. The van der Waals surface area contributed by atoms with Gasteiger partial charge in [0.25, 0.3) is 17.5 Å². The molecular weight excluding hydrogens is 436 g/mol. The van der Waals surface area contributed by atoms with Crippen LogP contribution in [-0.2, 0) is 4.79 Å². The molecule has 9 heteroatoms. The molecule has 2 aromatic rings. The average molecular weight is 469 g/mol. The predicted molar refractivity (Wildman–Crippen MR) is 131 cm³/mol. The Kier molecular flexibility index (Phi) is 7.50. The lowest BCUT2D eigenvalue weighted by Gasteiger charge is -2.43. The Morgan fingerprint density at radius 1 is 1.15 bits per heavy atom. The number of nitro groups is 1. The first-order valence-electron chi connectivity index (χ1n) is 10.4. The van der Waals surface area contributed by atoms with Crippen LogP contribution in [-0.4, -0.2) is 40.1 Å². The van der Waals surface area contributed by atoms with Crippen LogP contribution in [0.25, 0.3) is 0 Å². The number of nitro benzene ring substituents is 1. The average Bonchev–Trinajstić information content (AvgIpc) is 3.01. The molecule has 2 aromatic carbocycles. The van der Waals surface area contributed by atoms with Crippen LogP contribution in [0.3, 0.4) is 0 Å². The second-order valence-electron chi connectivity index (χ2n) is 8.90. The second kappa shape index (κ2) is 9.62. The highest BCUT2D eigenvalue weighted by Crippen LogP contribution is 2.45. The molecule has 2 aliphatic rings. The maximum absolute atomic E-state index is 13.2. The number of imide groups is 1. The zero-order valence-electron chi connectivity index (χ0n) is 18.0. The molecule has 0 radical (unpaired) electrons. The van der Waals surface area contributed by atoms with E-state index in [2.05, 4.69) is 10.6 Å². The fourth-order valence-electron chi connectivity index (χ4n) is 4.39. The minimum atomic E-state index is -0.680. The van der Waals surface area contributed by atoms with Crippen molar-refractivity contribution in [3.8, 4) is 0 Å². The highest BCUT2D eigenvalue weighted by Gasteiger charge is 2.46. The molecule has 2 unspecified atom stereocenters. The van der Waals surface area contributed by atoms with Crippen LogP contribution in [0.2, 0.25) is 0 Å². The number of carbonyl (C=O) groups excluding carboxylic acids is 3. The van der Waals surface area contributed by atoms with Gasteiger partial charge in [0.1, 0.15) is 0 Å². The second-order valence-corrected chi connectivity index (χ2v) is 8.90. The molecule has 4 rings (SSSR count). The topological polar surface area (TPSA) is 122 Å². The zero-order chi connectivity index (χ0) is 23.2. The molecule has 0 aromatic heterocycles. The summed E-state index contributed by atoms with van der Waals surface area (Å²) in [7, 11) is 0. The lowest BCUT2D eigenvalue weighted by atomic mass is 9.76. The molecule has 0 fully saturated rings. The number of fused-ring (bicyclic) bond motifs is 2. The number of nitrogens with one attached hydrogen (secondary N) is 2. The van der Waals surface area contributed by atoms with Crippen molar-refractivity contribution >= 4 is 29.1 Å². The number of hydrogen-bond acceptors (Lipinski definition) is 6. The molecule has 2 N–H and O–H groups in total. The molecule has 9 nitrogen and oxygen atoms in total. The van der Waals surface area contributed by atoms with Crippen molar-refractivity contribution < 1.29 is 19.3 Å². The van der Waals surface area contributed by atoms with Crippen LogP contribution in [0.1, 0.15) is 74.4 Å². The van der Waals surface area contributed by atoms with E-state index in [0.717, 1.165) is 0 Å². The molecule has 2 heterocycles. The standard InChI is InChI=1S/C23H24N4O5.2CH4/c1-13(28)24-12-23(2,3)20-11-19(17-10-14(27(31)32)8-9-18(17)25-20)26-21(29)15-6-4-5-7-16(15)22(26)30;;/h4-10,19-20,25H,11-12H2,1-3H3,(H,24,28);2*1H4. The number of rotatable bonds is 5. The van der Waals surface area contributed by atoms with Gasteiger partial charge in [-0.05, 0) is 24.6 Å². The zero-order valence-corrected chi connectivity index (χ0v) is 18.0. The van der Waals surface area contributed by atoms with E-state index < -0.39 is 28.2 Å². The van der Waals surface area contributed by atoms with Gasteiger partial charge in [-0.15, -0.1) is 0 Å². The fourth-order valence-corrected chi connectivity index (χ4v) is 4.39. The Bertz CT molecular complexity index is 1110. The fraction of sp³-hybridized carbons (Fsp3) is 0.400. The number of non-ortho nitro benzene ring substituents is 1. The molecule has 182 valence electrons. The third kappa shape index (κ3) is 4.50. The largest absolute Gasteiger partial charge is 0.381 e. The van der Waals surface area contributed by atoms with Crippen molar-refractivity contribution in [2.24, 2.45) is 5.41 Å². The number of amides is 3. The van der Waals surface area contributed by atoms with Gasteiger partial charge in [-0.1, -0.05) is 40.8 Å². The summed E-state index contributed by atoms with van der Waals surface area (Å²) in [4.78, 5) is 50.0. The first-order chi connectivity index (χ1) is 15.1. The molecule has 0 spiro atoms. The van der Waals surface area contributed by atoms with E-state index >= 15 is 0 Å². The summed E-state index contributed by atoms with van der Waals surface area (Å²) in [5, 5.41) is 17.6. The van der Waals surface area contributed by atoms with Gasteiger partial charge in [-0.2, -0.15) is 0 Å². The Labute approximate surface area is 199 Å². The van der Waals surface area contributed by atoms with Gasteiger partial charge < -0.3 is 10.6 Å². The molecule has 0 bridgehead atoms. The SMILES string of the molecule is C.C.CC(=O)NCC(C)(C)C1CC(N2C(=O)c3ccccc3C2=O)c2cc([N+](=O)[O-])ccc2N1. The Morgan fingerprint density at radius 3 is 2.26 bits per heavy atom. The highest BCUT2D eigenvalue weighted by atomic mass is 16.6. The Hall–Kier alpha value is -3.75. The van der Waals surface area contributed by atoms with Gasteiger partial charge in [0, 0.05) is 48.3 Å². The summed E-state index contributed by atoms with van der Waals surface area (Å²) in [5.41, 5.74) is 1.28. The molecule has 0 saturated heterocycles. The monoisotopic (exact) mass is 468 g/mol. The van der Waals surface area contributed by atoms with Crippen molar-refractivity contribution in [3.05, 3.63) is 69.3 Å². The van der Waals surface area contributed by atoms with E-state index in [9.17, 15) is 24.5 Å². The lowest BCUT2D eigenvalue weighted by molar-refractivity contribution is -0.384. The van der Waals surface area contributed by atoms with E-state index in [-0.39, 0.29) is 32.5 Å². The lowest BCUT2D eigenvalue weighted by Crippen LogP contribution is -2.49. The van der Waals surface area contributed by atoms with Crippen LogP contribution in [0, 0.1) is 15.5 Å². The third-order valence-electron chi connectivity index (χ3n) is 6.27. The number of anilines is 1. The minimum absolute atomic E-state index is 0. The van der Waals surface area contributed by atoms with E-state index in [0.29, 0.717) is 35.3 Å². The van der Waals surface area contributed by atoms with Gasteiger partial charge >= 0.3 is 0 Å². The molecule has 3 amide bonds.